The first kappa shape index (κ1) is 15.4. The number of nitrogens with two attached hydrogens (primary N) is 1. The van der Waals surface area contributed by atoms with Crippen molar-refractivity contribution in [3.8, 4) is 0 Å². The summed E-state index contributed by atoms with van der Waals surface area (Å²) < 4.78 is 5.28. The third-order valence-corrected chi connectivity index (χ3v) is 4.07. The Balaban J connectivity index is 2.23. The van der Waals surface area contributed by atoms with Gasteiger partial charge >= 0.3 is 0 Å². The largest absolute Gasteiger partial charge is 0.381 e. The van der Waals surface area contributed by atoms with Crippen molar-refractivity contribution in [3.05, 3.63) is 33.9 Å². The van der Waals surface area contributed by atoms with E-state index in [1.165, 1.54) is 6.07 Å². The van der Waals surface area contributed by atoms with Crippen molar-refractivity contribution in [2.24, 2.45) is 11.1 Å². The van der Waals surface area contributed by atoms with Gasteiger partial charge in [-0.05, 0) is 25.8 Å². The average molecular weight is 293 g/mol. The van der Waals surface area contributed by atoms with E-state index in [0.717, 1.165) is 0 Å². The standard InChI is InChI=1S/C14H19N3O4/c1-10-11(3-2-4-12(10)17(19)20)16-13(18)14(9-15)5-7-21-8-6-14/h2-4H,5-9,15H2,1H3,(H,16,18). The van der Waals surface area contributed by atoms with Gasteiger partial charge in [-0.1, -0.05) is 6.07 Å². The molecule has 1 aromatic carbocycles. The Morgan fingerprint density at radius 2 is 2.14 bits per heavy atom. The van der Waals surface area contributed by atoms with Crippen molar-refractivity contribution < 1.29 is 14.5 Å². The summed E-state index contributed by atoms with van der Waals surface area (Å²) in [5, 5.41) is 13.7. The molecular formula is C14H19N3O4. The van der Waals surface area contributed by atoms with E-state index >= 15 is 0 Å². The molecule has 0 spiro atoms. The minimum atomic E-state index is -0.657. The number of nitro benzene ring substituents is 1. The maximum absolute atomic E-state index is 12.5. The van der Waals surface area contributed by atoms with Crippen LogP contribution >= 0.6 is 0 Å². The summed E-state index contributed by atoms with van der Waals surface area (Å²) in [6, 6.07) is 4.63. The van der Waals surface area contributed by atoms with E-state index in [4.69, 9.17) is 10.5 Å². The number of hydrogen-bond acceptors (Lipinski definition) is 5. The SMILES string of the molecule is Cc1c(NC(=O)C2(CN)CCOCC2)cccc1[N+](=O)[O-]. The monoisotopic (exact) mass is 293 g/mol. The summed E-state index contributed by atoms with van der Waals surface area (Å²) >= 11 is 0. The van der Waals surface area contributed by atoms with Gasteiger partial charge in [-0.25, -0.2) is 0 Å². The van der Waals surface area contributed by atoms with Gasteiger partial charge in [0.15, 0.2) is 0 Å². The number of nitro groups is 1. The molecule has 0 saturated carbocycles. The van der Waals surface area contributed by atoms with Crippen LogP contribution in [0.1, 0.15) is 18.4 Å². The number of rotatable bonds is 4. The number of benzene rings is 1. The molecule has 7 nitrogen and oxygen atoms in total. The number of nitrogens with zero attached hydrogens (tertiary/aromatic N) is 1. The van der Waals surface area contributed by atoms with E-state index < -0.39 is 10.3 Å². The molecule has 1 aromatic rings. The average Bonchev–Trinajstić information content (AvgIpc) is 2.49. The van der Waals surface area contributed by atoms with E-state index in [9.17, 15) is 14.9 Å². The molecule has 0 aromatic heterocycles. The number of carbonyl (C=O) groups is 1. The molecular weight excluding hydrogens is 274 g/mol. The molecule has 1 amide bonds. The zero-order chi connectivity index (χ0) is 15.5. The second-order valence-corrected chi connectivity index (χ2v) is 5.26. The Morgan fingerprint density at radius 3 is 2.71 bits per heavy atom. The van der Waals surface area contributed by atoms with E-state index in [0.29, 0.717) is 37.3 Å². The van der Waals surface area contributed by atoms with Crippen LogP contribution in [0.5, 0.6) is 0 Å². The Kier molecular flexibility index (Phi) is 4.54. The third kappa shape index (κ3) is 3.03. The summed E-state index contributed by atoms with van der Waals surface area (Å²) in [6.45, 7) is 2.85. The van der Waals surface area contributed by atoms with Gasteiger partial charge in [-0.3, -0.25) is 14.9 Å². The summed E-state index contributed by atoms with van der Waals surface area (Å²) in [6.07, 6.45) is 1.12. The maximum Gasteiger partial charge on any atom is 0.274 e. The van der Waals surface area contributed by atoms with E-state index in [1.807, 2.05) is 0 Å². The van der Waals surface area contributed by atoms with Crippen molar-refractivity contribution in [2.75, 3.05) is 25.1 Å². The maximum atomic E-state index is 12.5. The molecule has 7 heteroatoms. The molecule has 3 N–H and O–H groups in total. The highest BCUT2D eigenvalue weighted by atomic mass is 16.6. The van der Waals surface area contributed by atoms with Crippen LogP contribution in [0.4, 0.5) is 11.4 Å². The molecule has 1 aliphatic rings. The van der Waals surface area contributed by atoms with Crippen molar-refractivity contribution in [2.45, 2.75) is 19.8 Å². The van der Waals surface area contributed by atoms with Crippen LogP contribution in [0.3, 0.4) is 0 Å². The summed E-state index contributed by atoms with van der Waals surface area (Å²) in [4.78, 5) is 23.0. The molecule has 114 valence electrons. The number of anilines is 1. The lowest BCUT2D eigenvalue weighted by Crippen LogP contribution is -2.46. The van der Waals surface area contributed by atoms with Gasteiger partial charge < -0.3 is 15.8 Å². The van der Waals surface area contributed by atoms with Gasteiger partial charge in [0.05, 0.1) is 21.6 Å². The molecule has 1 heterocycles. The highest BCUT2D eigenvalue weighted by molar-refractivity contribution is 5.96. The van der Waals surface area contributed by atoms with Crippen molar-refractivity contribution in [3.63, 3.8) is 0 Å². The van der Waals surface area contributed by atoms with E-state index in [-0.39, 0.29) is 18.1 Å². The first-order chi connectivity index (χ1) is 10.00. The smallest absolute Gasteiger partial charge is 0.274 e. The molecule has 0 radical (unpaired) electrons. The molecule has 21 heavy (non-hydrogen) atoms. The molecule has 2 rings (SSSR count). The zero-order valence-corrected chi connectivity index (χ0v) is 11.9. The lowest BCUT2D eigenvalue weighted by molar-refractivity contribution is -0.385. The predicted molar refractivity (Wildman–Crippen MR) is 78.0 cm³/mol. The van der Waals surface area contributed by atoms with Crippen LogP contribution in [0.15, 0.2) is 18.2 Å². The first-order valence-electron chi connectivity index (χ1n) is 6.83. The van der Waals surface area contributed by atoms with Crippen LogP contribution in [-0.2, 0) is 9.53 Å². The number of nitrogens with one attached hydrogen (secondary N) is 1. The Bertz CT molecular complexity index is 553. The lowest BCUT2D eigenvalue weighted by Gasteiger charge is -2.34. The van der Waals surface area contributed by atoms with E-state index in [1.54, 1.807) is 19.1 Å². The fourth-order valence-corrected chi connectivity index (χ4v) is 2.50. The second-order valence-electron chi connectivity index (χ2n) is 5.26. The predicted octanol–water partition coefficient (Wildman–Crippen LogP) is 1.60. The van der Waals surface area contributed by atoms with Gasteiger partial charge in [0, 0.05) is 25.8 Å². The van der Waals surface area contributed by atoms with Gasteiger partial charge in [0.2, 0.25) is 5.91 Å². The summed E-state index contributed by atoms with van der Waals surface area (Å²) in [5.74, 6) is -0.197. The molecule has 0 atom stereocenters. The minimum Gasteiger partial charge on any atom is -0.381 e. The van der Waals surface area contributed by atoms with Crippen LogP contribution in [0, 0.1) is 22.5 Å². The topological polar surface area (TPSA) is 107 Å². The summed E-state index contributed by atoms with van der Waals surface area (Å²) in [7, 11) is 0. The molecule has 0 unspecified atom stereocenters. The van der Waals surface area contributed by atoms with Gasteiger partial charge in [0.1, 0.15) is 0 Å². The van der Waals surface area contributed by atoms with E-state index in [2.05, 4.69) is 5.32 Å². The van der Waals surface area contributed by atoms with Crippen molar-refractivity contribution in [1.29, 1.82) is 0 Å². The number of amides is 1. The first-order valence-corrected chi connectivity index (χ1v) is 6.83. The van der Waals surface area contributed by atoms with Crippen molar-refractivity contribution in [1.82, 2.24) is 0 Å². The Labute approximate surface area is 122 Å². The van der Waals surface area contributed by atoms with Crippen LogP contribution in [0.25, 0.3) is 0 Å². The Morgan fingerprint density at radius 1 is 1.48 bits per heavy atom. The Hall–Kier alpha value is -1.99. The number of ether oxygens (including phenoxy) is 1. The highest BCUT2D eigenvalue weighted by Gasteiger charge is 2.39. The minimum absolute atomic E-state index is 0.0124. The fourth-order valence-electron chi connectivity index (χ4n) is 2.50. The van der Waals surface area contributed by atoms with Crippen molar-refractivity contribution >= 4 is 17.3 Å². The lowest BCUT2D eigenvalue weighted by atomic mass is 9.79. The van der Waals surface area contributed by atoms with Crippen LogP contribution < -0.4 is 11.1 Å². The van der Waals surface area contributed by atoms with Gasteiger partial charge in [0.25, 0.3) is 5.69 Å². The molecule has 1 fully saturated rings. The molecule has 0 bridgehead atoms. The highest BCUT2D eigenvalue weighted by Crippen LogP contribution is 2.32. The molecule has 0 aliphatic carbocycles. The quantitative estimate of drug-likeness (QED) is 0.647. The van der Waals surface area contributed by atoms with Gasteiger partial charge in [-0.2, -0.15) is 0 Å². The molecule has 1 aliphatic heterocycles. The number of carbonyl (C=O) groups excluding carboxylic acids is 1. The fraction of sp³-hybridized carbons (Fsp3) is 0.500. The second kappa shape index (κ2) is 6.19. The molecule has 1 saturated heterocycles. The van der Waals surface area contributed by atoms with Gasteiger partial charge in [-0.15, -0.1) is 0 Å². The van der Waals surface area contributed by atoms with Crippen LogP contribution in [0.2, 0.25) is 0 Å². The zero-order valence-electron chi connectivity index (χ0n) is 11.9. The normalized spacial score (nSPS) is 17.2. The third-order valence-electron chi connectivity index (χ3n) is 4.07. The van der Waals surface area contributed by atoms with Crippen LogP contribution in [-0.4, -0.2) is 30.6 Å². The summed E-state index contributed by atoms with van der Waals surface area (Å²) in [5.41, 5.74) is 6.01. The number of hydrogen-bond donors (Lipinski definition) is 2.